The van der Waals surface area contributed by atoms with Crippen LogP contribution in [-0.4, -0.2) is 41.0 Å². The highest BCUT2D eigenvalue weighted by Gasteiger charge is 2.30. The van der Waals surface area contributed by atoms with E-state index in [2.05, 4.69) is 10.3 Å². The Bertz CT molecular complexity index is 905. The van der Waals surface area contributed by atoms with Gasteiger partial charge in [0.25, 0.3) is 5.91 Å². The molecule has 1 aromatic carbocycles. The minimum Gasteiger partial charge on any atom is -0.368 e. The molecular weight excluding hydrogens is 366 g/mol. The van der Waals surface area contributed by atoms with E-state index in [1.165, 1.54) is 6.08 Å². The van der Waals surface area contributed by atoms with Crippen molar-refractivity contribution in [2.45, 2.75) is 38.5 Å². The molecule has 0 saturated carbocycles. The number of ether oxygens (including phenoxy) is 1. The molecule has 3 heterocycles. The topological polar surface area (TPSA) is 71.5 Å². The summed E-state index contributed by atoms with van der Waals surface area (Å²) < 4.78 is 5.54. The average molecular weight is 391 g/mol. The average Bonchev–Trinajstić information content (AvgIpc) is 3.31. The molecule has 0 aliphatic carbocycles. The summed E-state index contributed by atoms with van der Waals surface area (Å²) in [5.74, 6) is -0.0698. The molecule has 2 aliphatic heterocycles. The molecule has 2 aromatic rings. The zero-order valence-corrected chi connectivity index (χ0v) is 16.3. The fourth-order valence-corrected chi connectivity index (χ4v) is 3.72. The Labute approximate surface area is 170 Å². The molecule has 2 amide bonds. The highest BCUT2D eigenvalue weighted by Crippen LogP contribution is 2.22. The van der Waals surface area contributed by atoms with Crippen LogP contribution >= 0.6 is 0 Å². The standard InChI is InChI=1S/C23H25N3O3/c27-22(9-8-17-5-2-1-3-6-17)25-15-18-13-19-16-26(11-10-20(19)24-14-18)23(28)21-7-4-12-29-21/h1-3,5-6,8-9,13-14,21H,4,7,10-12,15-16H2,(H,25,27)/t21-/m1/s1. The number of nitrogens with zero attached hydrogens (tertiary/aromatic N) is 2. The van der Waals surface area contributed by atoms with Crippen LogP contribution in [0.3, 0.4) is 0 Å². The van der Waals surface area contributed by atoms with Gasteiger partial charge in [0.2, 0.25) is 5.91 Å². The molecule has 6 heteroatoms. The van der Waals surface area contributed by atoms with Gasteiger partial charge in [-0.3, -0.25) is 14.6 Å². The van der Waals surface area contributed by atoms with E-state index in [0.717, 1.165) is 41.6 Å². The van der Waals surface area contributed by atoms with Crippen LogP contribution in [0.4, 0.5) is 0 Å². The highest BCUT2D eigenvalue weighted by atomic mass is 16.5. The number of pyridine rings is 1. The van der Waals surface area contributed by atoms with Gasteiger partial charge >= 0.3 is 0 Å². The van der Waals surface area contributed by atoms with Gasteiger partial charge in [0, 0.05) is 50.6 Å². The van der Waals surface area contributed by atoms with Gasteiger partial charge in [-0.2, -0.15) is 0 Å². The number of amides is 2. The quantitative estimate of drug-likeness (QED) is 0.795. The van der Waals surface area contributed by atoms with Crippen molar-refractivity contribution in [1.29, 1.82) is 0 Å². The third-order valence-electron chi connectivity index (χ3n) is 5.31. The van der Waals surface area contributed by atoms with Crippen molar-refractivity contribution >= 4 is 17.9 Å². The lowest BCUT2D eigenvalue weighted by molar-refractivity contribution is -0.141. The van der Waals surface area contributed by atoms with Crippen LogP contribution in [0.15, 0.2) is 48.7 Å². The fourth-order valence-electron chi connectivity index (χ4n) is 3.72. The van der Waals surface area contributed by atoms with Crippen molar-refractivity contribution in [3.8, 4) is 0 Å². The maximum atomic E-state index is 12.6. The Balaban J connectivity index is 1.34. The first-order valence-corrected chi connectivity index (χ1v) is 10.1. The summed E-state index contributed by atoms with van der Waals surface area (Å²) in [6.45, 7) is 2.30. The molecule has 0 bridgehead atoms. The Hall–Kier alpha value is -2.99. The van der Waals surface area contributed by atoms with Crippen LogP contribution in [0.25, 0.3) is 6.08 Å². The van der Waals surface area contributed by atoms with Gasteiger partial charge in [-0.15, -0.1) is 0 Å². The second-order valence-electron chi connectivity index (χ2n) is 7.42. The Morgan fingerprint density at radius 1 is 1.28 bits per heavy atom. The van der Waals surface area contributed by atoms with Gasteiger partial charge in [-0.1, -0.05) is 30.3 Å². The molecule has 0 unspecified atom stereocenters. The van der Waals surface area contributed by atoms with E-state index in [9.17, 15) is 9.59 Å². The van der Waals surface area contributed by atoms with Crippen LogP contribution in [0.2, 0.25) is 0 Å². The van der Waals surface area contributed by atoms with E-state index >= 15 is 0 Å². The summed E-state index contributed by atoms with van der Waals surface area (Å²) in [6.07, 6.45) is 7.34. The minimum atomic E-state index is -0.289. The van der Waals surface area contributed by atoms with E-state index in [1.54, 1.807) is 12.3 Å². The van der Waals surface area contributed by atoms with Crippen LogP contribution in [-0.2, 0) is 33.8 Å². The van der Waals surface area contributed by atoms with Crippen LogP contribution in [0.5, 0.6) is 0 Å². The van der Waals surface area contributed by atoms with Crippen LogP contribution < -0.4 is 5.32 Å². The minimum absolute atomic E-state index is 0.0814. The zero-order valence-electron chi connectivity index (χ0n) is 16.3. The molecule has 1 atom stereocenters. The Morgan fingerprint density at radius 2 is 2.14 bits per heavy atom. The molecule has 1 fully saturated rings. The molecule has 4 rings (SSSR count). The summed E-state index contributed by atoms with van der Waals surface area (Å²) in [6, 6.07) is 11.7. The lowest BCUT2D eigenvalue weighted by atomic mass is 10.0. The Morgan fingerprint density at radius 3 is 2.93 bits per heavy atom. The number of aromatic nitrogens is 1. The van der Waals surface area contributed by atoms with Crippen LogP contribution in [0.1, 0.15) is 35.2 Å². The lowest BCUT2D eigenvalue weighted by Gasteiger charge is -2.30. The van der Waals surface area contributed by atoms with Crippen molar-refractivity contribution in [2.75, 3.05) is 13.2 Å². The third-order valence-corrected chi connectivity index (χ3v) is 5.31. The number of rotatable bonds is 5. The molecule has 150 valence electrons. The van der Waals surface area contributed by atoms with E-state index in [-0.39, 0.29) is 17.9 Å². The summed E-state index contributed by atoms with van der Waals surface area (Å²) in [5, 5.41) is 2.89. The molecule has 2 aliphatic rings. The number of carbonyl (C=O) groups is 2. The van der Waals surface area contributed by atoms with E-state index in [0.29, 0.717) is 26.2 Å². The molecule has 6 nitrogen and oxygen atoms in total. The van der Waals surface area contributed by atoms with Gasteiger partial charge in [-0.05, 0) is 41.7 Å². The molecule has 1 aromatic heterocycles. The third kappa shape index (κ3) is 4.90. The van der Waals surface area contributed by atoms with E-state index in [4.69, 9.17) is 4.74 Å². The molecule has 29 heavy (non-hydrogen) atoms. The van der Waals surface area contributed by atoms with Gasteiger partial charge in [-0.25, -0.2) is 0 Å². The van der Waals surface area contributed by atoms with Gasteiger partial charge in [0.1, 0.15) is 6.10 Å². The highest BCUT2D eigenvalue weighted by molar-refractivity contribution is 5.91. The molecular formula is C23H25N3O3. The second kappa shape index (κ2) is 9.01. The Kier molecular flexibility index (Phi) is 6.00. The maximum Gasteiger partial charge on any atom is 0.252 e. The number of fused-ring (bicyclic) bond motifs is 1. The molecule has 1 N–H and O–H groups in total. The van der Waals surface area contributed by atoms with Gasteiger partial charge in [0.05, 0.1) is 0 Å². The van der Waals surface area contributed by atoms with Crippen molar-refractivity contribution in [2.24, 2.45) is 0 Å². The number of nitrogens with one attached hydrogen (secondary N) is 1. The van der Waals surface area contributed by atoms with Gasteiger partial charge in [0.15, 0.2) is 0 Å². The van der Waals surface area contributed by atoms with E-state index in [1.807, 2.05) is 41.3 Å². The van der Waals surface area contributed by atoms with Crippen molar-refractivity contribution in [3.05, 3.63) is 71.1 Å². The van der Waals surface area contributed by atoms with Crippen molar-refractivity contribution in [3.63, 3.8) is 0 Å². The first-order chi connectivity index (χ1) is 14.2. The monoisotopic (exact) mass is 391 g/mol. The fraction of sp³-hybridized carbons (Fsp3) is 0.348. The first kappa shape index (κ1) is 19.3. The zero-order chi connectivity index (χ0) is 20.1. The second-order valence-corrected chi connectivity index (χ2v) is 7.42. The number of hydrogen-bond acceptors (Lipinski definition) is 4. The predicted molar refractivity (Wildman–Crippen MR) is 110 cm³/mol. The first-order valence-electron chi connectivity index (χ1n) is 10.1. The lowest BCUT2D eigenvalue weighted by Crippen LogP contribution is -2.42. The summed E-state index contributed by atoms with van der Waals surface area (Å²) in [7, 11) is 0. The molecule has 1 saturated heterocycles. The van der Waals surface area contributed by atoms with Crippen molar-refractivity contribution in [1.82, 2.24) is 15.2 Å². The molecule has 0 radical (unpaired) electrons. The number of hydrogen-bond donors (Lipinski definition) is 1. The van der Waals surface area contributed by atoms with Gasteiger partial charge < -0.3 is 15.0 Å². The summed E-state index contributed by atoms with van der Waals surface area (Å²) in [4.78, 5) is 31.1. The largest absolute Gasteiger partial charge is 0.368 e. The molecule has 0 spiro atoms. The van der Waals surface area contributed by atoms with Crippen LogP contribution in [0, 0.1) is 0 Å². The summed E-state index contributed by atoms with van der Waals surface area (Å²) >= 11 is 0. The maximum absolute atomic E-state index is 12.6. The SMILES string of the molecule is O=C(C=Cc1ccccc1)NCc1cnc2c(c1)CN(C(=O)[C@H]1CCCO1)CC2. The number of carbonyl (C=O) groups excluding carboxylic acids is 2. The predicted octanol–water partition coefficient (Wildman–Crippen LogP) is 2.47. The number of benzene rings is 1. The summed E-state index contributed by atoms with van der Waals surface area (Å²) in [5.41, 5.74) is 3.99. The normalized spacial score (nSPS) is 18.6. The van der Waals surface area contributed by atoms with Crippen molar-refractivity contribution < 1.29 is 14.3 Å². The smallest absolute Gasteiger partial charge is 0.252 e. The van der Waals surface area contributed by atoms with E-state index < -0.39 is 0 Å².